The lowest BCUT2D eigenvalue weighted by molar-refractivity contribution is 0.0660. The van der Waals surface area contributed by atoms with Gasteiger partial charge in [-0.1, -0.05) is 0 Å². The molecular formula is C4H14BF3O3. The molecule has 0 aromatic carbocycles. The molecule has 0 bridgehead atoms. The largest absolute Gasteiger partial charge is 0.506 e. The average molecular weight is 178 g/mol. The summed E-state index contributed by atoms with van der Waals surface area (Å²) < 4.78 is 4.17. The first kappa shape index (κ1) is 32.1. The van der Waals surface area contributed by atoms with Gasteiger partial charge in [0.25, 0.3) is 0 Å². The Balaban J connectivity index is -0.0000000300. The Morgan fingerprint density at radius 3 is 1.55 bits per heavy atom. The first-order chi connectivity index (χ1) is 3.13. The van der Waals surface area contributed by atoms with Gasteiger partial charge in [0.05, 0.1) is 14.5 Å². The molecule has 7 heteroatoms. The van der Waals surface area contributed by atoms with E-state index in [9.17, 15) is 4.79 Å². The van der Waals surface area contributed by atoms with Gasteiger partial charge in [-0.15, -0.1) is 0 Å². The van der Waals surface area contributed by atoms with Crippen LogP contribution in [-0.4, -0.2) is 25.8 Å². The number of hydrogen-bond acceptors (Lipinski definition) is 2. The number of rotatable bonds is 1. The monoisotopic (exact) mass is 178 g/mol. The van der Waals surface area contributed by atoms with Gasteiger partial charge in [-0.2, -0.15) is 0 Å². The van der Waals surface area contributed by atoms with E-state index in [0.29, 0.717) is 0 Å². The fraction of sp³-hybridized carbons (Fsp3) is 0.750. The molecule has 72 valence electrons. The Labute approximate surface area is 64.4 Å². The van der Waals surface area contributed by atoms with Gasteiger partial charge < -0.3 is 9.84 Å². The maximum Gasteiger partial charge on any atom is 0.506 e. The third-order valence-electron chi connectivity index (χ3n) is 0.337. The SMILES string of the molecule is B.CC(C)OC(=O)O.F.F.F. The minimum atomic E-state index is -1.21. The molecule has 0 aliphatic heterocycles. The van der Waals surface area contributed by atoms with E-state index in [-0.39, 0.29) is 28.6 Å². The molecule has 11 heavy (non-hydrogen) atoms. The van der Waals surface area contributed by atoms with Crippen LogP contribution in [0.15, 0.2) is 0 Å². The van der Waals surface area contributed by atoms with Gasteiger partial charge in [-0.3, -0.25) is 14.1 Å². The molecular weight excluding hydrogens is 164 g/mol. The average Bonchev–Trinajstić information content (AvgIpc) is 1.27. The number of hydrogen-bond donors (Lipinski definition) is 1. The topological polar surface area (TPSA) is 46.5 Å². The van der Waals surface area contributed by atoms with Crippen molar-refractivity contribution in [3.63, 3.8) is 0 Å². The predicted octanol–water partition coefficient (Wildman–Crippen LogP) is 0.363. The predicted molar refractivity (Wildman–Crippen MR) is 41.7 cm³/mol. The third-order valence-corrected chi connectivity index (χ3v) is 0.337. The Hall–Kier alpha value is -0.875. The third kappa shape index (κ3) is 47.4. The molecule has 0 radical (unpaired) electrons. The van der Waals surface area contributed by atoms with Gasteiger partial charge >= 0.3 is 6.16 Å². The van der Waals surface area contributed by atoms with Crippen molar-refractivity contribution >= 4 is 14.6 Å². The molecule has 0 heterocycles. The van der Waals surface area contributed by atoms with Crippen LogP contribution in [-0.2, 0) is 4.74 Å². The fourth-order valence-corrected chi connectivity index (χ4v) is 0.202. The van der Waals surface area contributed by atoms with Gasteiger partial charge in [0.15, 0.2) is 0 Å². The lowest BCUT2D eigenvalue weighted by Gasteiger charge is -1.99. The number of carboxylic acid groups (broad SMARTS) is 1. The molecule has 1 N–H and O–H groups in total. The molecule has 0 aromatic heterocycles. The Kier molecular flexibility index (Phi) is 46.9. The minimum Gasteiger partial charge on any atom is -0.450 e. The van der Waals surface area contributed by atoms with Crippen molar-refractivity contribution in [1.82, 2.24) is 0 Å². The molecule has 0 aromatic rings. The number of ether oxygens (including phenoxy) is 1. The first-order valence-corrected chi connectivity index (χ1v) is 2.02. The van der Waals surface area contributed by atoms with Crippen molar-refractivity contribution in [3.05, 3.63) is 0 Å². The van der Waals surface area contributed by atoms with Crippen LogP contribution in [0.5, 0.6) is 0 Å². The standard InChI is InChI=1S/C4H8O3.BH3.3FH/c1-3(2)7-4(5)6;;;;/h3H,1-2H3,(H,5,6);1H3;3*1H. The van der Waals surface area contributed by atoms with Gasteiger partial charge in [0, 0.05) is 0 Å². The van der Waals surface area contributed by atoms with E-state index < -0.39 is 6.16 Å². The summed E-state index contributed by atoms with van der Waals surface area (Å²) in [5, 5.41) is 7.86. The molecule has 0 saturated heterocycles. The lowest BCUT2D eigenvalue weighted by Crippen LogP contribution is -2.07. The summed E-state index contributed by atoms with van der Waals surface area (Å²) in [6.45, 7) is 3.32. The highest BCUT2D eigenvalue weighted by atomic mass is 19.0. The zero-order valence-corrected chi connectivity index (χ0v) is 5.57. The van der Waals surface area contributed by atoms with E-state index >= 15 is 0 Å². The lowest BCUT2D eigenvalue weighted by atomic mass is 10.5. The second-order valence-corrected chi connectivity index (χ2v) is 1.43. The van der Waals surface area contributed by atoms with Gasteiger partial charge in [-0.25, -0.2) is 4.79 Å². The number of carbonyl (C=O) groups is 1. The molecule has 3 nitrogen and oxygen atoms in total. The van der Waals surface area contributed by atoms with Crippen molar-refractivity contribution in [2.45, 2.75) is 20.0 Å². The van der Waals surface area contributed by atoms with Crippen LogP contribution in [0.3, 0.4) is 0 Å². The van der Waals surface area contributed by atoms with Gasteiger partial charge in [0.1, 0.15) is 0 Å². The van der Waals surface area contributed by atoms with Crippen LogP contribution in [0.2, 0.25) is 0 Å². The maximum atomic E-state index is 9.59. The van der Waals surface area contributed by atoms with Crippen LogP contribution in [0.1, 0.15) is 13.8 Å². The second-order valence-electron chi connectivity index (χ2n) is 1.43. The first-order valence-electron chi connectivity index (χ1n) is 2.02. The summed E-state index contributed by atoms with van der Waals surface area (Å²) in [6.07, 6.45) is -1.44. The summed E-state index contributed by atoms with van der Waals surface area (Å²) in [4.78, 5) is 9.59. The van der Waals surface area contributed by atoms with Crippen molar-refractivity contribution in [2.24, 2.45) is 0 Å². The summed E-state index contributed by atoms with van der Waals surface area (Å²) in [5.74, 6) is 0. The Morgan fingerprint density at radius 2 is 1.55 bits per heavy atom. The normalized spacial score (nSPS) is 5.73. The van der Waals surface area contributed by atoms with Gasteiger partial charge in [-0.05, 0) is 13.8 Å². The molecule has 0 unspecified atom stereocenters. The zero-order chi connectivity index (χ0) is 5.86. The van der Waals surface area contributed by atoms with Crippen LogP contribution >= 0.6 is 0 Å². The van der Waals surface area contributed by atoms with Crippen LogP contribution < -0.4 is 0 Å². The zero-order valence-electron chi connectivity index (χ0n) is 5.57. The van der Waals surface area contributed by atoms with Gasteiger partial charge in [0.2, 0.25) is 0 Å². The molecule has 0 amide bonds. The molecule has 0 saturated carbocycles. The van der Waals surface area contributed by atoms with E-state index in [2.05, 4.69) is 4.74 Å². The highest BCUT2D eigenvalue weighted by Crippen LogP contribution is 1.85. The summed E-state index contributed by atoms with van der Waals surface area (Å²) in [7, 11) is 0. The van der Waals surface area contributed by atoms with Crippen molar-refractivity contribution in [1.29, 1.82) is 0 Å². The van der Waals surface area contributed by atoms with E-state index in [1.807, 2.05) is 0 Å². The second kappa shape index (κ2) is 16.1. The summed E-state index contributed by atoms with van der Waals surface area (Å²) in [5.41, 5.74) is 0. The van der Waals surface area contributed by atoms with Crippen molar-refractivity contribution in [2.75, 3.05) is 0 Å². The van der Waals surface area contributed by atoms with Crippen molar-refractivity contribution < 1.29 is 28.8 Å². The highest BCUT2D eigenvalue weighted by molar-refractivity contribution is 5.75. The maximum absolute atomic E-state index is 9.59. The molecule has 0 aliphatic carbocycles. The summed E-state index contributed by atoms with van der Waals surface area (Å²) >= 11 is 0. The van der Waals surface area contributed by atoms with E-state index in [4.69, 9.17) is 5.11 Å². The number of halogens is 3. The van der Waals surface area contributed by atoms with E-state index in [0.717, 1.165) is 0 Å². The highest BCUT2D eigenvalue weighted by Gasteiger charge is 1.97. The fourth-order valence-electron chi connectivity index (χ4n) is 0.202. The summed E-state index contributed by atoms with van der Waals surface area (Å²) in [6, 6.07) is 0. The molecule has 0 rings (SSSR count). The van der Waals surface area contributed by atoms with Crippen molar-refractivity contribution in [3.8, 4) is 0 Å². The Bertz CT molecular complexity index is 81.0. The van der Waals surface area contributed by atoms with E-state index in [1.54, 1.807) is 13.8 Å². The quantitative estimate of drug-likeness (QED) is 0.465. The molecule has 0 spiro atoms. The van der Waals surface area contributed by atoms with E-state index in [1.165, 1.54) is 0 Å². The van der Waals surface area contributed by atoms with Crippen LogP contribution in [0.4, 0.5) is 18.9 Å². The van der Waals surface area contributed by atoms with Crippen LogP contribution in [0.25, 0.3) is 0 Å². The smallest absolute Gasteiger partial charge is 0.450 e. The molecule has 0 atom stereocenters. The molecule has 0 aliphatic rings. The minimum absolute atomic E-state index is 0. The molecule has 0 fully saturated rings. The van der Waals surface area contributed by atoms with Crippen LogP contribution in [0, 0.1) is 0 Å². The Morgan fingerprint density at radius 1 is 1.27 bits per heavy atom.